The number of rotatable bonds is 5. The van der Waals surface area contributed by atoms with Gasteiger partial charge in [-0.15, -0.1) is 0 Å². The molecule has 0 bridgehead atoms. The van der Waals surface area contributed by atoms with Crippen molar-refractivity contribution >= 4 is 5.78 Å². The Hall–Kier alpha value is -1.15. The largest absolute Gasteiger partial charge is 0.493 e. The van der Waals surface area contributed by atoms with Crippen LogP contribution in [0.2, 0.25) is 0 Å². The van der Waals surface area contributed by atoms with Crippen LogP contribution in [0.5, 0.6) is 0 Å². The molecule has 39 heavy (non-hydrogen) atoms. The van der Waals surface area contributed by atoms with E-state index in [1.165, 1.54) is 7.11 Å². The zero-order valence-electron chi connectivity index (χ0n) is 23.5. The minimum atomic E-state index is -1.56. The van der Waals surface area contributed by atoms with Gasteiger partial charge < -0.3 is 49.2 Å². The molecule has 222 valence electrons. The molecule has 0 aromatic carbocycles. The normalized spacial score (nSPS) is 55.4. The second-order valence-electron chi connectivity index (χ2n) is 12.7. The number of ketones is 1. The molecule has 0 unspecified atom stereocenters. The number of carbonyl (C=O) groups is 1. The van der Waals surface area contributed by atoms with Crippen LogP contribution in [0, 0.1) is 40.4 Å². The summed E-state index contributed by atoms with van der Waals surface area (Å²) in [5.74, 6) is -0.649. The molecule has 4 fully saturated rings. The molecule has 11 heteroatoms. The van der Waals surface area contributed by atoms with Crippen LogP contribution in [-0.2, 0) is 28.5 Å². The summed E-state index contributed by atoms with van der Waals surface area (Å²) in [5, 5.41) is 52.4. The Balaban J connectivity index is 1.52. The van der Waals surface area contributed by atoms with Crippen molar-refractivity contribution in [3.8, 4) is 0 Å². The van der Waals surface area contributed by atoms with Crippen molar-refractivity contribution in [1.82, 2.24) is 0 Å². The quantitative estimate of drug-likeness (QED) is 0.309. The zero-order chi connectivity index (χ0) is 28.6. The average Bonchev–Trinajstić information content (AvgIpc) is 2.90. The molecule has 16 atom stereocenters. The van der Waals surface area contributed by atoms with Crippen LogP contribution in [0.4, 0.5) is 0 Å². The molecule has 0 spiro atoms. The van der Waals surface area contributed by atoms with Gasteiger partial charge in [-0.25, -0.2) is 0 Å². The number of hydrogen-bond acceptors (Lipinski definition) is 11. The molecular formula is C28H44O11. The van der Waals surface area contributed by atoms with E-state index in [-0.39, 0.29) is 29.5 Å². The second kappa shape index (κ2) is 10.3. The molecule has 2 saturated carbocycles. The van der Waals surface area contributed by atoms with Gasteiger partial charge in [0, 0.05) is 30.3 Å². The van der Waals surface area contributed by atoms with Crippen molar-refractivity contribution in [2.45, 2.75) is 95.8 Å². The maximum absolute atomic E-state index is 14.0. The van der Waals surface area contributed by atoms with Gasteiger partial charge >= 0.3 is 0 Å². The fourth-order valence-corrected chi connectivity index (χ4v) is 9.11. The monoisotopic (exact) mass is 556 g/mol. The smallest absolute Gasteiger partial charge is 0.203 e. The van der Waals surface area contributed by atoms with Crippen LogP contribution < -0.4 is 0 Å². The molecule has 2 heterocycles. The van der Waals surface area contributed by atoms with Gasteiger partial charge in [-0.05, 0) is 36.2 Å². The Bertz CT molecular complexity index is 971. The molecule has 5 N–H and O–H groups in total. The third-order valence-electron chi connectivity index (χ3n) is 11.0. The summed E-state index contributed by atoms with van der Waals surface area (Å²) in [6, 6.07) is 0. The van der Waals surface area contributed by atoms with Crippen molar-refractivity contribution in [2.75, 3.05) is 20.8 Å². The molecule has 5 rings (SSSR count). The minimum absolute atomic E-state index is 0.0199. The van der Waals surface area contributed by atoms with Gasteiger partial charge in [-0.3, -0.25) is 4.79 Å². The van der Waals surface area contributed by atoms with Crippen molar-refractivity contribution in [3.05, 3.63) is 11.8 Å². The van der Waals surface area contributed by atoms with Crippen LogP contribution >= 0.6 is 0 Å². The fourth-order valence-electron chi connectivity index (χ4n) is 9.11. The number of fused-ring (bicyclic) bond motifs is 2. The molecule has 2 saturated heterocycles. The fraction of sp³-hybridized carbons (Fsp3) is 0.893. The van der Waals surface area contributed by atoms with Crippen LogP contribution in [0.3, 0.4) is 0 Å². The van der Waals surface area contributed by atoms with E-state index in [4.69, 9.17) is 23.7 Å². The minimum Gasteiger partial charge on any atom is -0.493 e. The highest BCUT2D eigenvalue weighted by Crippen LogP contribution is 2.68. The van der Waals surface area contributed by atoms with Gasteiger partial charge in [-0.2, -0.15) is 0 Å². The highest BCUT2D eigenvalue weighted by Gasteiger charge is 2.72. The summed E-state index contributed by atoms with van der Waals surface area (Å²) < 4.78 is 29.6. The number of hydrogen-bond donors (Lipinski definition) is 5. The van der Waals surface area contributed by atoms with E-state index in [1.54, 1.807) is 7.11 Å². The number of allylic oxidation sites excluding steroid dienone is 2. The molecule has 0 radical (unpaired) electrons. The number of aliphatic hydroxyl groups excluding tert-OH is 5. The molecule has 0 aromatic heterocycles. The summed E-state index contributed by atoms with van der Waals surface area (Å²) in [6.45, 7) is 7.55. The summed E-state index contributed by atoms with van der Waals surface area (Å²) in [6.07, 6.45) is -6.94. The van der Waals surface area contributed by atoms with Crippen molar-refractivity contribution in [3.63, 3.8) is 0 Å². The van der Waals surface area contributed by atoms with E-state index in [2.05, 4.69) is 6.92 Å². The Labute approximate surface area is 229 Å². The van der Waals surface area contributed by atoms with Crippen molar-refractivity contribution in [2.24, 2.45) is 40.4 Å². The van der Waals surface area contributed by atoms with Crippen molar-refractivity contribution < 1.29 is 54.0 Å². The van der Waals surface area contributed by atoms with Gasteiger partial charge in [0.15, 0.2) is 18.3 Å². The first-order chi connectivity index (χ1) is 18.4. The van der Waals surface area contributed by atoms with Crippen LogP contribution in [0.15, 0.2) is 11.8 Å². The van der Waals surface area contributed by atoms with Crippen LogP contribution in [-0.4, -0.2) is 107 Å². The van der Waals surface area contributed by atoms with Gasteiger partial charge in [0.25, 0.3) is 0 Å². The lowest BCUT2D eigenvalue weighted by atomic mass is 9.38. The van der Waals surface area contributed by atoms with E-state index < -0.39 is 78.7 Å². The average molecular weight is 557 g/mol. The van der Waals surface area contributed by atoms with E-state index in [0.29, 0.717) is 18.6 Å². The third kappa shape index (κ3) is 4.07. The Kier molecular flexibility index (Phi) is 7.74. The Morgan fingerprint density at radius 3 is 2.28 bits per heavy atom. The highest BCUT2D eigenvalue weighted by atomic mass is 16.8. The zero-order valence-corrected chi connectivity index (χ0v) is 23.5. The first kappa shape index (κ1) is 29.3. The predicted molar refractivity (Wildman–Crippen MR) is 135 cm³/mol. The van der Waals surface area contributed by atoms with Crippen LogP contribution in [0.25, 0.3) is 0 Å². The summed E-state index contributed by atoms with van der Waals surface area (Å²) in [5.41, 5.74) is -1.52. The number of carbonyl (C=O) groups excluding carboxylic acids is 1. The molecule has 2 aliphatic heterocycles. The highest BCUT2D eigenvalue weighted by molar-refractivity contribution is 5.99. The Morgan fingerprint density at radius 2 is 1.67 bits per heavy atom. The lowest BCUT2D eigenvalue weighted by molar-refractivity contribution is -0.380. The predicted octanol–water partition coefficient (Wildman–Crippen LogP) is -0.0425. The van der Waals surface area contributed by atoms with Gasteiger partial charge in [-0.1, -0.05) is 27.7 Å². The number of Topliss-reactive ketones (excluding diaryl/α,β-unsaturated/α-hetero) is 1. The number of ether oxygens (including phenoxy) is 5. The number of methoxy groups -OCH3 is 2. The SMILES string of the molecule is COC1=C[C@@H](C)[C@@H]2C[C@H]3O[C@@H](O[C@@H]4O[C@H](CO)[C@@H](O)[C@H](O)[C@H]4O)C[C@H]4[C@@H](C)[C@@H](OC)[C@@H](O)[C@H]([C@@]2(C)C1=O)[C@@]34C. The molecule has 5 aliphatic rings. The maximum Gasteiger partial charge on any atom is 0.203 e. The van der Waals surface area contributed by atoms with Crippen LogP contribution in [0.1, 0.15) is 40.5 Å². The van der Waals surface area contributed by atoms with E-state index >= 15 is 0 Å². The molecule has 0 aromatic rings. The lowest BCUT2D eigenvalue weighted by Crippen LogP contribution is -2.74. The topological polar surface area (TPSA) is 164 Å². The van der Waals surface area contributed by atoms with Gasteiger partial charge in [0.05, 0.1) is 32.0 Å². The number of aliphatic hydroxyl groups is 5. The van der Waals surface area contributed by atoms with Gasteiger partial charge in [0.2, 0.25) is 5.78 Å². The molecular weight excluding hydrogens is 512 g/mol. The molecule has 11 nitrogen and oxygen atoms in total. The standard InChI is InChI=1S/C28H44O11/c1-11-7-15(35-5)25(34)28(4)13(11)8-17-27(3)14(12(2)23(36-6)22(33)24(27)28)9-18(38-17)39-26-21(32)20(31)19(30)16(10-29)37-26/h7,11-14,16-24,26,29-33H,8-10H2,1-6H3/t11-,12-,13+,14+,16-,17-,18+,19-,20+,21-,22-,23-,24+,26+,27-,28+/m1/s1. The second-order valence-corrected chi connectivity index (χ2v) is 12.7. The summed E-state index contributed by atoms with van der Waals surface area (Å²) >= 11 is 0. The molecule has 0 amide bonds. The van der Waals surface area contributed by atoms with E-state index in [9.17, 15) is 30.3 Å². The first-order valence-corrected chi connectivity index (χ1v) is 14.0. The van der Waals surface area contributed by atoms with E-state index in [1.807, 2.05) is 26.8 Å². The maximum atomic E-state index is 14.0. The lowest BCUT2D eigenvalue weighted by Gasteiger charge is -2.69. The van der Waals surface area contributed by atoms with E-state index in [0.717, 1.165) is 0 Å². The summed E-state index contributed by atoms with van der Waals surface area (Å²) in [4.78, 5) is 14.0. The van der Waals surface area contributed by atoms with Crippen molar-refractivity contribution in [1.29, 1.82) is 0 Å². The Morgan fingerprint density at radius 1 is 0.974 bits per heavy atom. The third-order valence-corrected chi connectivity index (χ3v) is 11.0. The summed E-state index contributed by atoms with van der Waals surface area (Å²) in [7, 11) is 3.07. The molecule has 3 aliphatic carbocycles. The first-order valence-electron chi connectivity index (χ1n) is 14.0. The van der Waals surface area contributed by atoms with Gasteiger partial charge in [0.1, 0.15) is 24.4 Å².